The largest absolute Gasteiger partial charge is 0.356 e. The number of carbonyl (C=O) groups is 1. The molecule has 1 aromatic carbocycles. The van der Waals surface area contributed by atoms with Gasteiger partial charge in [-0.3, -0.25) is 10.2 Å². The predicted molar refractivity (Wildman–Crippen MR) is 75.7 cm³/mol. The molecule has 0 aliphatic heterocycles. The molecule has 4 N–H and O–H groups in total. The molecule has 0 radical (unpaired) electrons. The second-order valence-corrected chi connectivity index (χ2v) is 4.54. The molecule has 0 saturated heterocycles. The third-order valence-corrected chi connectivity index (χ3v) is 3.16. The number of imidazole rings is 1. The molecular weight excluding hydrogens is 242 g/mol. The van der Waals surface area contributed by atoms with Gasteiger partial charge in [0, 0.05) is 6.54 Å². The Morgan fingerprint density at radius 3 is 2.68 bits per heavy atom. The maximum Gasteiger partial charge on any atom is 0.253 e. The summed E-state index contributed by atoms with van der Waals surface area (Å²) < 4.78 is 1.84. The molecule has 6 nitrogen and oxygen atoms in total. The van der Waals surface area contributed by atoms with Crippen molar-refractivity contribution in [3.05, 3.63) is 23.3 Å². The number of amides is 1. The average Bonchev–Trinajstić information content (AvgIpc) is 2.68. The summed E-state index contributed by atoms with van der Waals surface area (Å²) in [6.07, 6.45) is 0. The van der Waals surface area contributed by atoms with Crippen molar-refractivity contribution < 1.29 is 4.79 Å². The van der Waals surface area contributed by atoms with Gasteiger partial charge >= 0.3 is 0 Å². The number of anilines is 1. The van der Waals surface area contributed by atoms with Crippen molar-refractivity contribution in [2.24, 2.45) is 5.84 Å². The van der Waals surface area contributed by atoms with Crippen LogP contribution in [0.1, 0.15) is 18.1 Å². The van der Waals surface area contributed by atoms with Crippen LogP contribution in [0, 0.1) is 13.8 Å². The van der Waals surface area contributed by atoms with Gasteiger partial charge in [0.15, 0.2) is 0 Å². The number of hydrazine groups is 1. The average molecular weight is 261 g/mol. The number of carbonyl (C=O) groups excluding carboxylic acids is 1. The van der Waals surface area contributed by atoms with E-state index in [9.17, 15) is 4.79 Å². The van der Waals surface area contributed by atoms with Gasteiger partial charge in [0.2, 0.25) is 5.95 Å². The quantitative estimate of drug-likeness (QED) is 0.437. The van der Waals surface area contributed by atoms with Crippen LogP contribution in [-0.2, 0) is 11.3 Å². The van der Waals surface area contributed by atoms with Crippen molar-refractivity contribution in [3.8, 4) is 0 Å². The summed E-state index contributed by atoms with van der Waals surface area (Å²) in [6, 6.07) is 4.07. The Morgan fingerprint density at radius 1 is 1.37 bits per heavy atom. The first-order chi connectivity index (χ1) is 9.06. The van der Waals surface area contributed by atoms with Crippen molar-refractivity contribution in [1.29, 1.82) is 0 Å². The molecule has 0 aliphatic rings. The summed E-state index contributed by atoms with van der Waals surface area (Å²) in [4.78, 5) is 16.0. The Hall–Kier alpha value is -2.08. The highest BCUT2D eigenvalue weighted by atomic mass is 16.2. The number of hydrogen-bond acceptors (Lipinski definition) is 4. The van der Waals surface area contributed by atoms with Gasteiger partial charge in [-0.25, -0.2) is 10.8 Å². The predicted octanol–water partition coefficient (Wildman–Crippen LogP) is 1.07. The summed E-state index contributed by atoms with van der Waals surface area (Å²) in [5, 5.41) is 3.16. The summed E-state index contributed by atoms with van der Waals surface area (Å²) in [5.41, 5.74) is 6.31. The molecule has 0 unspecified atom stereocenters. The van der Waals surface area contributed by atoms with E-state index in [0.717, 1.165) is 17.6 Å². The smallest absolute Gasteiger partial charge is 0.253 e. The Morgan fingerprint density at radius 2 is 2.05 bits per heavy atom. The Labute approximate surface area is 112 Å². The Bertz CT molecular complexity index is 617. The molecule has 0 saturated carbocycles. The van der Waals surface area contributed by atoms with Crippen LogP contribution >= 0.6 is 0 Å². The number of nitrogens with two attached hydrogens (primary N) is 1. The van der Waals surface area contributed by atoms with E-state index in [4.69, 9.17) is 5.84 Å². The molecule has 1 heterocycles. The van der Waals surface area contributed by atoms with Gasteiger partial charge in [0.25, 0.3) is 5.91 Å². The molecule has 2 rings (SSSR count). The molecular formula is C13H19N5O. The fraction of sp³-hybridized carbons (Fsp3) is 0.385. The third kappa shape index (κ3) is 2.53. The van der Waals surface area contributed by atoms with E-state index >= 15 is 0 Å². The van der Waals surface area contributed by atoms with Crippen LogP contribution in [0.5, 0.6) is 0 Å². The van der Waals surface area contributed by atoms with Gasteiger partial charge in [-0.2, -0.15) is 0 Å². The van der Waals surface area contributed by atoms with Crippen LogP contribution in [0.15, 0.2) is 12.1 Å². The fourth-order valence-corrected chi connectivity index (χ4v) is 2.02. The van der Waals surface area contributed by atoms with E-state index in [1.54, 1.807) is 0 Å². The molecule has 6 heteroatoms. The van der Waals surface area contributed by atoms with Crippen molar-refractivity contribution >= 4 is 22.9 Å². The normalized spacial score (nSPS) is 10.7. The molecule has 0 bridgehead atoms. The molecule has 1 amide bonds. The van der Waals surface area contributed by atoms with Crippen molar-refractivity contribution in [1.82, 2.24) is 15.0 Å². The summed E-state index contributed by atoms with van der Waals surface area (Å²) in [5.74, 6) is 5.59. The van der Waals surface area contributed by atoms with Gasteiger partial charge in [-0.05, 0) is 44.0 Å². The zero-order valence-electron chi connectivity index (χ0n) is 11.4. The summed E-state index contributed by atoms with van der Waals surface area (Å²) in [7, 11) is 0. The molecule has 19 heavy (non-hydrogen) atoms. The maximum absolute atomic E-state index is 11.5. The molecule has 0 aliphatic carbocycles. The summed E-state index contributed by atoms with van der Waals surface area (Å²) >= 11 is 0. The lowest BCUT2D eigenvalue weighted by molar-refractivity contribution is -0.121. The van der Waals surface area contributed by atoms with E-state index in [2.05, 4.69) is 15.7 Å². The van der Waals surface area contributed by atoms with Gasteiger partial charge in [0.1, 0.15) is 6.54 Å². The number of hydrogen-bond donors (Lipinski definition) is 3. The zero-order valence-corrected chi connectivity index (χ0v) is 11.4. The molecule has 0 fully saturated rings. The minimum absolute atomic E-state index is 0.151. The Kier molecular flexibility index (Phi) is 3.71. The van der Waals surface area contributed by atoms with Crippen LogP contribution in [0.2, 0.25) is 0 Å². The first-order valence-corrected chi connectivity index (χ1v) is 6.27. The zero-order chi connectivity index (χ0) is 14.0. The lowest BCUT2D eigenvalue weighted by atomic mass is 10.1. The first kappa shape index (κ1) is 13.4. The number of fused-ring (bicyclic) bond motifs is 1. The second-order valence-electron chi connectivity index (χ2n) is 4.54. The highest BCUT2D eigenvalue weighted by Gasteiger charge is 2.13. The van der Waals surface area contributed by atoms with E-state index in [-0.39, 0.29) is 12.5 Å². The second kappa shape index (κ2) is 5.27. The standard InChI is InChI=1S/C13H19N5O/c1-4-15-13-16-10-5-8(2)9(3)6-11(10)18(13)7-12(19)17-14/h5-6H,4,7,14H2,1-3H3,(H,15,16)(H,17,19). The van der Waals surface area contributed by atoms with Crippen molar-refractivity contribution in [2.75, 3.05) is 11.9 Å². The third-order valence-electron chi connectivity index (χ3n) is 3.16. The number of nitrogens with one attached hydrogen (secondary N) is 2. The lowest BCUT2D eigenvalue weighted by Crippen LogP contribution is -2.33. The van der Waals surface area contributed by atoms with E-state index in [0.29, 0.717) is 5.95 Å². The Balaban J connectivity index is 2.58. The molecule has 2 aromatic rings. The minimum Gasteiger partial charge on any atom is -0.356 e. The summed E-state index contributed by atoms with van der Waals surface area (Å²) in [6.45, 7) is 6.97. The molecule has 0 spiro atoms. The van der Waals surface area contributed by atoms with Crippen LogP contribution < -0.4 is 16.6 Å². The van der Waals surface area contributed by atoms with Crippen molar-refractivity contribution in [3.63, 3.8) is 0 Å². The van der Waals surface area contributed by atoms with Gasteiger partial charge < -0.3 is 9.88 Å². The monoisotopic (exact) mass is 261 g/mol. The SMILES string of the molecule is CCNc1nc2cc(C)c(C)cc2n1CC(=O)NN. The van der Waals surface area contributed by atoms with Crippen LogP contribution in [0.3, 0.4) is 0 Å². The van der Waals surface area contributed by atoms with Crippen LogP contribution in [-0.4, -0.2) is 22.0 Å². The van der Waals surface area contributed by atoms with Gasteiger partial charge in [0.05, 0.1) is 11.0 Å². The highest BCUT2D eigenvalue weighted by molar-refractivity contribution is 5.84. The van der Waals surface area contributed by atoms with E-state index in [1.807, 2.05) is 37.5 Å². The molecule has 0 atom stereocenters. The number of aromatic nitrogens is 2. The lowest BCUT2D eigenvalue weighted by Gasteiger charge is -2.09. The van der Waals surface area contributed by atoms with Crippen molar-refractivity contribution in [2.45, 2.75) is 27.3 Å². The van der Waals surface area contributed by atoms with Gasteiger partial charge in [-0.1, -0.05) is 0 Å². The van der Waals surface area contributed by atoms with Crippen LogP contribution in [0.4, 0.5) is 5.95 Å². The highest BCUT2D eigenvalue weighted by Crippen LogP contribution is 2.23. The number of aryl methyl sites for hydroxylation is 2. The topological polar surface area (TPSA) is 85.0 Å². The molecule has 1 aromatic heterocycles. The minimum atomic E-state index is -0.253. The molecule has 102 valence electrons. The van der Waals surface area contributed by atoms with Crippen LogP contribution in [0.25, 0.3) is 11.0 Å². The van der Waals surface area contributed by atoms with Gasteiger partial charge in [-0.15, -0.1) is 0 Å². The number of nitrogens with zero attached hydrogens (tertiary/aromatic N) is 2. The number of rotatable bonds is 4. The maximum atomic E-state index is 11.5. The number of benzene rings is 1. The first-order valence-electron chi connectivity index (χ1n) is 6.27. The van der Waals surface area contributed by atoms with E-state index < -0.39 is 0 Å². The fourth-order valence-electron chi connectivity index (χ4n) is 2.02. The van der Waals surface area contributed by atoms with E-state index in [1.165, 1.54) is 11.1 Å².